The lowest BCUT2D eigenvalue weighted by molar-refractivity contribution is -0.144. The lowest BCUT2D eigenvalue weighted by Crippen LogP contribution is -2.45. The molecule has 1 saturated heterocycles. The number of amides is 1. The Kier molecular flexibility index (Phi) is 5.98. The quantitative estimate of drug-likeness (QED) is 0.818. The van der Waals surface area contributed by atoms with Gasteiger partial charge < -0.3 is 9.64 Å². The van der Waals surface area contributed by atoms with Gasteiger partial charge in [0, 0.05) is 18.3 Å². The van der Waals surface area contributed by atoms with E-state index in [9.17, 15) is 9.59 Å². The number of hydrogen-bond donors (Lipinski definition) is 1. The van der Waals surface area contributed by atoms with Gasteiger partial charge in [0.2, 0.25) is 0 Å². The number of piperidine rings is 1. The van der Waals surface area contributed by atoms with Crippen LogP contribution in [0.25, 0.3) is 0 Å². The standard InChI is InChI=1S/C16H25N3O3/c1-3-7-14-13(11-17-18-14)16(21)19-9-6-5-8-12(19)10-15(20)22-4-2/h11-12H,3-10H2,1-2H3,(H,17,18)/t12-/m0/s1. The van der Waals surface area contributed by atoms with E-state index < -0.39 is 0 Å². The molecule has 1 amide bonds. The van der Waals surface area contributed by atoms with Gasteiger partial charge in [-0.05, 0) is 32.6 Å². The summed E-state index contributed by atoms with van der Waals surface area (Å²) in [5.74, 6) is -0.251. The number of likely N-dealkylation sites (tertiary alicyclic amines) is 1. The molecule has 6 nitrogen and oxygen atoms in total. The average Bonchev–Trinajstić information content (AvgIpc) is 2.96. The number of rotatable bonds is 6. The third-order valence-electron chi connectivity index (χ3n) is 4.04. The molecule has 0 radical (unpaired) electrons. The van der Waals surface area contributed by atoms with Gasteiger partial charge in [-0.15, -0.1) is 0 Å². The van der Waals surface area contributed by atoms with Crippen molar-refractivity contribution in [2.75, 3.05) is 13.2 Å². The molecule has 1 atom stereocenters. The molecule has 1 fully saturated rings. The lowest BCUT2D eigenvalue weighted by atomic mass is 9.98. The number of nitrogens with zero attached hydrogens (tertiary/aromatic N) is 2. The van der Waals surface area contributed by atoms with Gasteiger partial charge in [0.25, 0.3) is 5.91 Å². The van der Waals surface area contributed by atoms with Crippen LogP contribution in [0.1, 0.15) is 62.0 Å². The Morgan fingerprint density at radius 2 is 2.23 bits per heavy atom. The number of esters is 1. The van der Waals surface area contributed by atoms with Crippen LogP contribution in [0.5, 0.6) is 0 Å². The van der Waals surface area contributed by atoms with Crippen molar-refractivity contribution in [3.8, 4) is 0 Å². The molecule has 2 rings (SSSR count). The van der Waals surface area contributed by atoms with Crippen LogP contribution in [0.3, 0.4) is 0 Å². The monoisotopic (exact) mass is 307 g/mol. The number of carbonyl (C=O) groups excluding carboxylic acids is 2. The first-order valence-corrected chi connectivity index (χ1v) is 8.16. The molecule has 22 heavy (non-hydrogen) atoms. The Bertz CT molecular complexity index is 512. The number of hydrogen-bond acceptors (Lipinski definition) is 4. The highest BCUT2D eigenvalue weighted by Crippen LogP contribution is 2.23. The highest BCUT2D eigenvalue weighted by atomic mass is 16.5. The van der Waals surface area contributed by atoms with Gasteiger partial charge in [0.15, 0.2) is 0 Å². The predicted molar refractivity (Wildman–Crippen MR) is 82.5 cm³/mol. The summed E-state index contributed by atoms with van der Waals surface area (Å²) in [6.07, 6.45) is 6.51. The maximum Gasteiger partial charge on any atom is 0.307 e. The first kappa shape index (κ1) is 16.5. The van der Waals surface area contributed by atoms with Crippen molar-refractivity contribution in [3.63, 3.8) is 0 Å². The van der Waals surface area contributed by atoms with Gasteiger partial charge in [-0.25, -0.2) is 0 Å². The van der Waals surface area contributed by atoms with Crippen molar-refractivity contribution in [1.29, 1.82) is 0 Å². The summed E-state index contributed by atoms with van der Waals surface area (Å²) in [5, 5.41) is 6.92. The summed E-state index contributed by atoms with van der Waals surface area (Å²) < 4.78 is 5.03. The third kappa shape index (κ3) is 3.87. The van der Waals surface area contributed by atoms with Crippen molar-refractivity contribution in [2.24, 2.45) is 0 Å². The highest BCUT2D eigenvalue weighted by Gasteiger charge is 2.31. The van der Waals surface area contributed by atoms with E-state index in [2.05, 4.69) is 17.1 Å². The fraction of sp³-hybridized carbons (Fsp3) is 0.688. The number of aromatic nitrogens is 2. The molecule has 6 heteroatoms. The molecule has 1 aromatic rings. The number of ether oxygens (including phenoxy) is 1. The largest absolute Gasteiger partial charge is 0.466 e. The molecule has 0 aromatic carbocycles. The number of aryl methyl sites for hydroxylation is 1. The summed E-state index contributed by atoms with van der Waals surface area (Å²) >= 11 is 0. The van der Waals surface area contributed by atoms with Gasteiger partial charge in [-0.3, -0.25) is 14.7 Å². The van der Waals surface area contributed by atoms with Gasteiger partial charge >= 0.3 is 5.97 Å². The molecular formula is C16H25N3O3. The van der Waals surface area contributed by atoms with Crippen molar-refractivity contribution in [1.82, 2.24) is 15.1 Å². The Hall–Kier alpha value is -1.85. The van der Waals surface area contributed by atoms with E-state index >= 15 is 0 Å². The summed E-state index contributed by atoms with van der Waals surface area (Å²) in [5.41, 5.74) is 1.52. The van der Waals surface area contributed by atoms with E-state index in [4.69, 9.17) is 4.74 Å². The highest BCUT2D eigenvalue weighted by molar-refractivity contribution is 5.95. The molecule has 0 unspecified atom stereocenters. The fourth-order valence-corrected chi connectivity index (χ4v) is 2.98. The zero-order valence-corrected chi connectivity index (χ0v) is 13.4. The number of carbonyl (C=O) groups is 2. The lowest BCUT2D eigenvalue weighted by Gasteiger charge is -2.35. The van der Waals surface area contributed by atoms with Crippen LogP contribution >= 0.6 is 0 Å². The van der Waals surface area contributed by atoms with Crippen LogP contribution in [0.4, 0.5) is 0 Å². The molecule has 2 heterocycles. The van der Waals surface area contributed by atoms with Crippen molar-refractivity contribution >= 4 is 11.9 Å². The van der Waals surface area contributed by atoms with E-state index in [-0.39, 0.29) is 24.3 Å². The van der Waals surface area contributed by atoms with Crippen molar-refractivity contribution < 1.29 is 14.3 Å². The zero-order valence-electron chi connectivity index (χ0n) is 13.4. The molecule has 1 aromatic heterocycles. The smallest absolute Gasteiger partial charge is 0.307 e. The van der Waals surface area contributed by atoms with E-state index in [1.807, 2.05) is 4.90 Å². The Labute approximate surface area is 131 Å². The molecule has 0 saturated carbocycles. The second-order valence-corrected chi connectivity index (χ2v) is 5.67. The predicted octanol–water partition coefficient (Wildman–Crippen LogP) is 2.31. The minimum absolute atomic E-state index is 0.0220. The summed E-state index contributed by atoms with van der Waals surface area (Å²) in [7, 11) is 0. The minimum atomic E-state index is -0.229. The second-order valence-electron chi connectivity index (χ2n) is 5.67. The maximum absolute atomic E-state index is 12.8. The van der Waals surface area contributed by atoms with Crippen LogP contribution < -0.4 is 0 Å². The first-order valence-electron chi connectivity index (χ1n) is 8.16. The normalized spacial score (nSPS) is 18.3. The van der Waals surface area contributed by atoms with Crippen molar-refractivity contribution in [2.45, 2.75) is 58.4 Å². The summed E-state index contributed by atoms with van der Waals surface area (Å²) in [6.45, 7) is 4.94. The van der Waals surface area contributed by atoms with Gasteiger partial charge in [-0.2, -0.15) is 5.10 Å². The van der Waals surface area contributed by atoms with Crippen LogP contribution in [-0.2, 0) is 16.0 Å². The number of H-pyrrole nitrogens is 1. The molecule has 1 aliphatic rings. The van der Waals surface area contributed by atoms with E-state index in [1.54, 1.807) is 13.1 Å². The second kappa shape index (κ2) is 7.96. The van der Waals surface area contributed by atoms with E-state index in [0.717, 1.165) is 37.8 Å². The molecule has 122 valence electrons. The average molecular weight is 307 g/mol. The summed E-state index contributed by atoms with van der Waals surface area (Å²) in [6, 6.07) is -0.0651. The number of nitrogens with one attached hydrogen (secondary N) is 1. The van der Waals surface area contributed by atoms with Crippen LogP contribution in [-0.4, -0.2) is 46.2 Å². The van der Waals surface area contributed by atoms with E-state index in [0.29, 0.717) is 18.7 Å². The fourth-order valence-electron chi connectivity index (χ4n) is 2.98. The zero-order chi connectivity index (χ0) is 15.9. The molecule has 1 aliphatic heterocycles. The van der Waals surface area contributed by atoms with Gasteiger partial charge in [0.05, 0.1) is 24.8 Å². The van der Waals surface area contributed by atoms with Gasteiger partial charge in [0.1, 0.15) is 0 Å². The minimum Gasteiger partial charge on any atom is -0.466 e. The molecule has 0 aliphatic carbocycles. The van der Waals surface area contributed by atoms with E-state index in [1.165, 1.54) is 0 Å². The van der Waals surface area contributed by atoms with Crippen LogP contribution in [0.15, 0.2) is 6.20 Å². The topological polar surface area (TPSA) is 75.3 Å². The molecule has 0 spiro atoms. The maximum atomic E-state index is 12.8. The Morgan fingerprint density at radius 3 is 2.95 bits per heavy atom. The molecule has 1 N–H and O–H groups in total. The van der Waals surface area contributed by atoms with Gasteiger partial charge in [-0.1, -0.05) is 13.3 Å². The third-order valence-corrected chi connectivity index (χ3v) is 4.04. The summed E-state index contributed by atoms with van der Waals surface area (Å²) in [4.78, 5) is 26.4. The first-order chi connectivity index (χ1) is 10.7. The van der Waals surface area contributed by atoms with Crippen molar-refractivity contribution in [3.05, 3.63) is 17.5 Å². The van der Waals surface area contributed by atoms with Crippen LogP contribution in [0, 0.1) is 0 Å². The Balaban J connectivity index is 2.10. The molecular weight excluding hydrogens is 282 g/mol. The SMILES string of the molecule is CCCc1[nH]ncc1C(=O)N1CCCC[C@H]1CC(=O)OCC. The molecule has 0 bridgehead atoms. The number of aromatic amines is 1. The Morgan fingerprint density at radius 1 is 1.41 bits per heavy atom. The van der Waals surface area contributed by atoms with Crippen LogP contribution in [0.2, 0.25) is 0 Å².